The maximum absolute atomic E-state index is 14.1. The molecule has 1 aromatic carbocycles. The molecule has 1 aliphatic carbocycles. The summed E-state index contributed by atoms with van der Waals surface area (Å²) in [5.41, 5.74) is 1.54. The number of fused-ring (bicyclic) bond motifs is 1. The van der Waals surface area contributed by atoms with Gasteiger partial charge in [-0.2, -0.15) is 13.2 Å². The molecule has 3 aromatic heterocycles. The Bertz CT molecular complexity index is 2440. The Balaban J connectivity index is 0.780. The van der Waals surface area contributed by atoms with Gasteiger partial charge in [-0.05, 0) is 101 Å². The van der Waals surface area contributed by atoms with Crippen molar-refractivity contribution in [3.05, 3.63) is 89.8 Å². The number of ether oxygens (including phenoxy) is 4. The number of carbonyl (C=O) groups is 4. The number of hydrogen-bond acceptors (Lipinski definition) is 14. The van der Waals surface area contributed by atoms with E-state index in [2.05, 4.69) is 61.7 Å². The molecule has 3 N–H and O–H groups in total. The Labute approximate surface area is 418 Å². The van der Waals surface area contributed by atoms with Crippen molar-refractivity contribution in [1.29, 1.82) is 0 Å². The Morgan fingerprint density at radius 3 is 2.33 bits per heavy atom. The van der Waals surface area contributed by atoms with Gasteiger partial charge in [0.25, 0.3) is 5.91 Å². The van der Waals surface area contributed by atoms with Crippen LogP contribution in [0.4, 0.5) is 19.0 Å². The number of alkyl halides is 3. The molecular formula is C51H67F3N10O8. The molecule has 6 atom stereocenters. The number of pyridine rings is 2. The highest BCUT2D eigenvalue weighted by molar-refractivity contribution is 5.95. The fraction of sp³-hybridized carbons (Fsp3) is 0.569. The Hall–Kier alpha value is -5.87. The quantitative estimate of drug-likeness (QED) is 0.0761. The molecule has 0 unspecified atom stereocenters. The average Bonchev–Trinajstić information content (AvgIpc) is 3.89. The van der Waals surface area contributed by atoms with Crippen molar-refractivity contribution in [2.24, 2.45) is 5.92 Å². The summed E-state index contributed by atoms with van der Waals surface area (Å²) in [7, 11) is 3.78. The number of benzene rings is 1. The van der Waals surface area contributed by atoms with Crippen molar-refractivity contribution in [3.8, 4) is 0 Å². The molecule has 1 saturated carbocycles. The number of hydrogen-bond donors (Lipinski definition) is 3. The van der Waals surface area contributed by atoms with Crippen LogP contribution in [-0.2, 0) is 45.9 Å². The third-order valence-corrected chi connectivity index (χ3v) is 13.8. The number of carbonyl (C=O) groups excluding carboxylic acids is 4. The number of amides is 4. The second-order valence-corrected chi connectivity index (χ2v) is 18.8. The summed E-state index contributed by atoms with van der Waals surface area (Å²) in [6, 6.07) is 9.16. The van der Waals surface area contributed by atoms with Gasteiger partial charge in [-0.15, -0.1) is 0 Å². The molecule has 21 heteroatoms. The van der Waals surface area contributed by atoms with Crippen molar-refractivity contribution in [2.45, 2.75) is 101 Å². The van der Waals surface area contributed by atoms with Crippen LogP contribution in [0.3, 0.4) is 0 Å². The van der Waals surface area contributed by atoms with Crippen LogP contribution in [0.25, 0.3) is 10.9 Å². The van der Waals surface area contributed by atoms with Crippen molar-refractivity contribution < 1.29 is 51.3 Å². The maximum Gasteiger partial charge on any atom is 0.416 e. The summed E-state index contributed by atoms with van der Waals surface area (Å²) >= 11 is 0. The molecule has 72 heavy (non-hydrogen) atoms. The van der Waals surface area contributed by atoms with Crippen LogP contribution in [0.1, 0.15) is 85.6 Å². The van der Waals surface area contributed by atoms with Gasteiger partial charge in [0.05, 0.1) is 81.4 Å². The lowest BCUT2D eigenvalue weighted by Gasteiger charge is -2.44. The Kier molecular flexibility index (Phi) is 19.2. The molecule has 5 heterocycles. The molecule has 4 amide bonds. The number of nitrogens with one attached hydrogen (secondary N) is 3. The number of halogens is 3. The van der Waals surface area contributed by atoms with Gasteiger partial charge in [0, 0.05) is 80.5 Å². The summed E-state index contributed by atoms with van der Waals surface area (Å²) < 4.78 is 63.3. The number of aromatic nitrogens is 4. The first-order chi connectivity index (χ1) is 34.7. The number of aryl methyl sites for hydroxylation is 1. The molecular weight excluding hydrogens is 938 g/mol. The van der Waals surface area contributed by atoms with Crippen molar-refractivity contribution in [3.63, 3.8) is 0 Å². The van der Waals surface area contributed by atoms with E-state index >= 15 is 0 Å². The molecule has 4 aromatic rings. The number of likely N-dealkylation sites (tertiary alicyclic amines) is 2. The lowest BCUT2D eigenvalue weighted by Crippen LogP contribution is -2.58. The van der Waals surface area contributed by atoms with Gasteiger partial charge in [-0.3, -0.25) is 29.1 Å². The van der Waals surface area contributed by atoms with Gasteiger partial charge in [0.2, 0.25) is 17.7 Å². The zero-order chi connectivity index (χ0) is 51.2. The second kappa shape index (κ2) is 25.7. The van der Waals surface area contributed by atoms with Gasteiger partial charge in [-0.1, -0.05) is 6.07 Å². The van der Waals surface area contributed by atoms with E-state index in [1.54, 1.807) is 48.7 Å². The predicted octanol–water partition coefficient (Wildman–Crippen LogP) is 4.85. The SMILES string of the molecule is CC(C)N(C)[C@@H]1CC[C@H](N2CC[C@H](Nc3ncnc4ccc(C(F)(F)F)cc34)C2=O)[C@H](NC(=O)c2ccnc(CCCOCCOCCOCCOCCNC(=O)[C@H]3CC(=O)N(C)[C@@H]3c3cccnc3)c2)C1. The minimum absolute atomic E-state index is 0.0776. The van der Waals surface area contributed by atoms with Crippen LogP contribution < -0.4 is 16.0 Å². The van der Waals surface area contributed by atoms with E-state index in [0.717, 1.165) is 29.8 Å². The van der Waals surface area contributed by atoms with E-state index in [1.165, 1.54) is 12.4 Å². The van der Waals surface area contributed by atoms with Crippen LogP contribution in [-0.4, -0.2) is 169 Å². The zero-order valence-electron chi connectivity index (χ0n) is 41.4. The highest BCUT2D eigenvalue weighted by atomic mass is 19.4. The van der Waals surface area contributed by atoms with E-state index in [9.17, 15) is 32.3 Å². The number of rotatable bonds is 25. The van der Waals surface area contributed by atoms with Crippen molar-refractivity contribution >= 4 is 40.3 Å². The molecule has 0 radical (unpaired) electrons. The van der Waals surface area contributed by atoms with Crippen LogP contribution in [0.5, 0.6) is 0 Å². The normalized spacial score (nSPS) is 21.6. The van der Waals surface area contributed by atoms with E-state index in [-0.39, 0.29) is 71.5 Å². The van der Waals surface area contributed by atoms with E-state index in [0.29, 0.717) is 109 Å². The molecule has 2 saturated heterocycles. The molecule has 3 aliphatic rings. The first-order valence-corrected chi connectivity index (χ1v) is 24.8. The molecule has 7 rings (SSSR count). The maximum atomic E-state index is 14.1. The van der Waals surface area contributed by atoms with Crippen molar-refractivity contribution in [2.75, 3.05) is 85.4 Å². The summed E-state index contributed by atoms with van der Waals surface area (Å²) in [6.07, 6.45) is 5.65. The third-order valence-electron chi connectivity index (χ3n) is 13.8. The smallest absolute Gasteiger partial charge is 0.379 e. The Morgan fingerprint density at radius 2 is 1.62 bits per heavy atom. The minimum Gasteiger partial charge on any atom is -0.379 e. The largest absolute Gasteiger partial charge is 0.416 e. The molecule has 3 fully saturated rings. The highest BCUT2D eigenvalue weighted by Gasteiger charge is 2.44. The van der Waals surface area contributed by atoms with Gasteiger partial charge in [0.1, 0.15) is 18.2 Å². The molecule has 0 bridgehead atoms. The molecule has 390 valence electrons. The van der Waals surface area contributed by atoms with Gasteiger partial charge in [-0.25, -0.2) is 9.97 Å². The lowest BCUT2D eigenvalue weighted by molar-refractivity contribution is -0.137. The topological polar surface area (TPSA) is 203 Å². The first kappa shape index (κ1) is 53.9. The zero-order valence-corrected chi connectivity index (χ0v) is 41.4. The fourth-order valence-electron chi connectivity index (χ4n) is 9.74. The second-order valence-electron chi connectivity index (χ2n) is 18.8. The monoisotopic (exact) mass is 1000 g/mol. The van der Waals surface area contributed by atoms with Crippen LogP contribution in [0.2, 0.25) is 0 Å². The van der Waals surface area contributed by atoms with Crippen LogP contribution in [0.15, 0.2) is 67.4 Å². The summed E-state index contributed by atoms with van der Waals surface area (Å²) in [4.78, 5) is 75.9. The first-order valence-electron chi connectivity index (χ1n) is 24.8. The molecule has 18 nitrogen and oxygen atoms in total. The van der Waals surface area contributed by atoms with E-state index in [1.807, 2.05) is 11.0 Å². The fourth-order valence-corrected chi connectivity index (χ4v) is 9.74. The van der Waals surface area contributed by atoms with Gasteiger partial charge >= 0.3 is 6.18 Å². The number of nitrogens with zero attached hydrogens (tertiary/aromatic N) is 7. The summed E-state index contributed by atoms with van der Waals surface area (Å²) in [6.45, 7) is 8.11. The van der Waals surface area contributed by atoms with Crippen LogP contribution >= 0.6 is 0 Å². The molecule has 0 spiro atoms. The van der Waals surface area contributed by atoms with Gasteiger partial charge < -0.3 is 49.6 Å². The van der Waals surface area contributed by atoms with E-state index < -0.39 is 23.7 Å². The van der Waals surface area contributed by atoms with Gasteiger partial charge in [0.15, 0.2) is 0 Å². The summed E-state index contributed by atoms with van der Waals surface area (Å²) in [5, 5.41) is 9.45. The average molecular weight is 1010 g/mol. The summed E-state index contributed by atoms with van der Waals surface area (Å²) in [5.74, 6) is -1.05. The highest BCUT2D eigenvalue weighted by Crippen LogP contribution is 2.37. The Morgan fingerprint density at radius 1 is 0.889 bits per heavy atom. The third kappa shape index (κ3) is 14.2. The standard InChI is InChI=1S/C51H67F3N10O8/c1-33(2)62(3)38-10-12-44(64-18-14-42(50(64)68)60-47-39-28-36(51(52,53)54)9-11-41(39)58-32-59-47)43(29-38)61-48(66)34-13-16-56-37(27-34)8-6-19-69-21-23-71-25-26-72-24-22-70-20-17-57-49(67)40-30-45(65)63(4)46(40)35-7-5-15-55-31-35/h5,7,9,11,13,15-16,27-28,31-33,38,40,42-44,46H,6,8,10,12,14,17-26,29-30H2,1-4H3,(H,57,67)(H,61,66)(H,58,59,60)/t38-,40+,42+,43-,44+,46-/m1/s1. The van der Waals surface area contributed by atoms with E-state index in [4.69, 9.17) is 18.9 Å². The predicted molar refractivity (Wildman–Crippen MR) is 261 cm³/mol. The lowest BCUT2D eigenvalue weighted by atomic mass is 9.84. The van der Waals surface area contributed by atoms with Crippen molar-refractivity contribution in [1.82, 2.24) is 45.3 Å². The number of anilines is 1. The molecule has 2 aliphatic heterocycles. The minimum atomic E-state index is -4.55. The van der Waals surface area contributed by atoms with Crippen LogP contribution in [0, 0.1) is 5.92 Å².